The van der Waals surface area contributed by atoms with Crippen LogP contribution in [0.2, 0.25) is 0 Å². The normalized spacial score (nSPS) is 15.3. The first kappa shape index (κ1) is 18.2. The smallest absolute Gasteiger partial charge is 0.270 e. The summed E-state index contributed by atoms with van der Waals surface area (Å²) in [6, 6.07) is 20.7. The largest absolute Gasteiger partial charge is 0.351 e. The molecule has 142 valence electrons. The topological polar surface area (TPSA) is 58.1 Å². The average Bonchev–Trinajstić information content (AvgIpc) is 3.07. The Morgan fingerprint density at radius 2 is 1.89 bits per heavy atom. The Bertz CT molecular complexity index is 958. The summed E-state index contributed by atoms with van der Waals surface area (Å²) in [6.07, 6.45) is 4.28. The number of aryl methyl sites for hydroxylation is 1. The van der Waals surface area contributed by atoms with E-state index in [1.165, 1.54) is 17.5 Å². The molecule has 4 rings (SSSR count). The van der Waals surface area contributed by atoms with Gasteiger partial charge in [-0.25, -0.2) is 9.97 Å². The van der Waals surface area contributed by atoms with Crippen molar-refractivity contribution in [2.45, 2.75) is 32.2 Å². The van der Waals surface area contributed by atoms with E-state index in [0.29, 0.717) is 18.3 Å². The number of nitrogens with zero attached hydrogens (tertiary/aromatic N) is 3. The molecule has 0 fully saturated rings. The third kappa shape index (κ3) is 3.88. The van der Waals surface area contributed by atoms with Crippen LogP contribution in [-0.4, -0.2) is 28.5 Å². The number of amides is 1. The second kappa shape index (κ2) is 8.21. The van der Waals surface area contributed by atoms with E-state index < -0.39 is 0 Å². The fourth-order valence-electron chi connectivity index (χ4n) is 3.75. The van der Waals surface area contributed by atoms with Crippen LogP contribution in [0.4, 0.5) is 11.5 Å². The van der Waals surface area contributed by atoms with E-state index in [-0.39, 0.29) is 5.91 Å². The molecule has 1 unspecified atom stereocenters. The van der Waals surface area contributed by atoms with Gasteiger partial charge in [0.2, 0.25) is 0 Å². The van der Waals surface area contributed by atoms with E-state index in [9.17, 15) is 4.79 Å². The highest BCUT2D eigenvalue weighted by molar-refractivity contribution is 5.93. The van der Waals surface area contributed by atoms with Gasteiger partial charge in [0.05, 0.1) is 0 Å². The maximum atomic E-state index is 12.5. The lowest BCUT2D eigenvalue weighted by molar-refractivity contribution is 0.0948. The minimum Gasteiger partial charge on any atom is -0.351 e. The van der Waals surface area contributed by atoms with Crippen molar-refractivity contribution in [3.8, 4) is 0 Å². The molecule has 0 saturated heterocycles. The number of rotatable bonds is 6. The number of hydrogen-bond donors (Lipinski definition) is 1. The number of carbonyl (C=O) groups excluding carboxylic acids is 1. The van der Waals surface area contributed by atoms with Gasteiger partial charge in [0.1, 0.15) is 17.8 Å². The summed E-state index contributed by atoms with van der Waals surface area (Å²) in [4.78, 5) is 23.3. The van der Waals surface area contributed by atoms with E-state index in [2.05, 4.69) is 57.4 Å². The van der Waals surface area contributed by atoms with Crippen LogP contribution in [-0.2, 0) is 12.8 Å². The summed E-state index contributed by atoms with van der Waals surface area (Å²) < 4.78 is 0. The minimum absolute atomic E-state index is 0.156. The summed E-state index contributed by atoms with van der Waals surface area (Å²) in [5.74, 6) is 0.610. The van der Waals surface area contributed by atoms with Crippen molar-refractivity contribution in [3.05, 3.63) is 83.8 Å². The summed E-state index contributed by atoms with van der Waals surface area (Å²) >= 11 is 0. The molecular weight excluding hydrogens is 348 g/mol. The zero-order valence-electron chi connectivity index (χ0n) is 16.0. The van der Waals surface area contributed by atoms with E-state index in [1.807, 2.05) is 24.3 Å². The van der Waals surface area contributed by atoms with Crippen molar-refractivity contribution in [2.75, 3.05) is 11.4 Å². The lowest BCUT2D eigenvalue weighted by Crippen LogP contribution is -2.28. The Morgan fingerprint density at radius 1 is 1.11 bits per heavy atom. The first-order valence-electron chi connectivity index (χ1n) is 9.73. The Balaban J connectivity index is 1.40. The number of fused-ring (bicyclic) bond motifs is 1. The van der Waals surface area contributed by atoms with Crippen molar-refractivity contribution in [3.63, 3.8) is 0 Å². The standard InChI is InChI=1S/C23H24N4O/c1-17-14-19-11-5-6-12-21(19)27(17)22-15-20(25-16-26-22)23(28)24-13-7-10-18-8-3-2-4-9-18/h2-6,8-9,11-12,15-17H,7,10,13-14H2,1H3,(H,24,28). The number of nitrogens with one attached hydrogen (secondary N) is 1. The van der Waals surface area contributed by atoms with Gasteiger partial charge >= 0.3 is 0 Å². The van der Waals surface area contributed by atoms with Crippen molar-refractivity contribution >= 4 is 17.4 Å². The molecular formula is C23H24N4O. The lowest BCUT2D eigenvalue weighted by Gasteiger charge is -2.23. The molecule has 1 aliphatic heterocycles. The zero-order chi connectivity index (χ0) is 19.3. The Morgan fingerprint density at radius 3 is 2.75 bits per heavy atom. The van der Waals surface area contributed by atoms with Gasteiger partial charge in [-0.1, -0.05) is 48.5 Å². The molecule has 28 heavy (non-hydrogen) atoms. The summed E-state index contributed by atoms with van der Waals surface area (Å²) in [5, 5.41) is 2.97. The molecule has 1 aliphatic rings. The van der Waals surface area contributed by atoms with Crippen LogP contribution in [0.1, 0.15) is 35.0 Å². The second-order valence-corrected chi connectivity index (χ2v) is 7.16. The highest BCUT2D eigenvalue weighted by Crippen LogP contribution is 2.36. The van der Waals surface area contributed by atoms with E-state index in [0.717, 1.165) is 30.8 Å². The van der Waals surface area contributed by atoms with Gasteiger partial charge in [0.25, 0.3) is 5.91 Å². The van der Waals surface area contributed by atoms with Crippen LogP contribution in [0.15, 0.2) is 67.0 Å². The molecule has 2 heterocycles. The van der Waals surface area contributed by atoms with E-state index in [1.54, 1.807) is 6.07 Å². The molecule has 2 aromatic carbocycles. The molecule has 5 nitrogen and oxygen atoms in total. The number of benzene rings is 2. The first-order valence-corrected chi connectivity index (χ1v) is 9.73. The van der Waals surface area contributed by atoms with Crippen LogP contribution in [0.3, 0.4) is 0 Å². The van der Waals surface area contributed by atoms with Gasteiger partial charge in [-0.05, 0) is 43.4 Å². The van der Waals surface area contributed by atoms with Gasteiger partial charge in [0.15, 0.2) is 0 Å². The number of para-hydroxylation sites is 1. The molecule has 0 radical (unpaired) electrons. The average molecular weight is 372 g/mol. The van der Waals surface area contributed by atoms with Gasteiger partial charge < -0.3 is 10.2 Å². The predicted octanol–water partition coefficient (Wildman–Crippen LogP) is 3.92. The predicted molar refractivity (Wildman–Crippen MR) is 111 cm³/mol. The Labute approximate surface area is 165 Å². The molecule has 0 saturated carbocycles. The van der Waals surface area contributed by atoms with Crippen molar-refractivity contribution in [1.29, 1.82) is 0 Å². The monoisotopic (exact) mass is 372 g/mol. The van der Waals surface area contributed by atoms with Crippen molar-refractivity contribution in [2.24, 2.45) is 0 Å². The van der Waals surface area contributed by atoms with Crippen LogP contribution in [0.25, 0.3) is 0 Å². The highest BCUT2D eigenvalue weighted by Gasteiger charge is 2.28. The minimum atomic E-state index is -0.156. The van der Waals surface area contributed by atoms with Gasteiger partial charge in [0, 0.05) is 24.3 Å². The van der Waals surface area contributed by atoms with E-state index >= 15 is 0 Å². The Hall–Kier alpha value is -3.21. The fourth-order valence-corrected chi connectivity index (χ4v) is 3.75. The molecule has 0 bridgehead atoms. The van der Waals surface area contributed by atoms with Crippen molar-refractivity contribution < 1.29 is 4.79 Å². The van der Waals surface area contributed by atoms with Gasteiger partial charge in [-0.3, -0.25) is 4.79 Å². The van der Waals surface area contributed by atoms with E-state index in [4.69, 9.17) is 0 Å². The van der Waals surface area contributed by atoms with Gasteiger partial charge in [-0.2, -0.15) is 0 Å². The van der Waals surface area contributed by atoms with Crippen molar-refractivity contribution in [1.82, 2.24) is 15.3 Å². The molecule has 1 atom stereocenters. The number of anilines is 2. The zero-order valence-corrected chi connectivity index (χ0v) is 16.0. The maximum Gasteiger partial charge on any atom is 0.270 e. The highest BCUT2D eigenvalue weighted by atomic mass is 16.1. The molecule has 3 aromatic rings. The van der Waals surface area contributed by atoms with Crippen LogP contribution in [0, 0.1) is 0 Å². The summed E-state index contributed by atoms with van der Waals surface area (Å²) in [7, 11) is 0. The van der Waals surface area contributed by atoms with Crippen LogP contribution < -0.4 is 10.2 Å². The number of carbonyl (C=O) groups is 1. The maximum absolute atomic E-state index is 12.5. The van der Waals surface area contributed by atoms with Gasteiger partial charge in [-0.15, -0.1) is 0 Å². The summed E-state index contributed by atoms with van der Waals surface area (Å²) in [5.41, 5.74) is 4.15. The third-order valence-electron chi connectivity index (χ3n) is 5.11. The molecule has 0 aliphatic carbocycles. The SMILES string of the molecule is CC1Cc2ccccc2N1c1cc(C(=O)NCCCc2ccccc2)ncn1. The molecule has 0 spiro atoms. The Kier molecular flexibility index (Phi) is 5.33. The molecule has 1 N–H and O–H groups in total. The quantitative estimate of drug-likeness (QED) is 0.666. The lowest BCUT2D eigenvalue weighted by atomic mass is 10.1. The summed E-state index contributed by atoms with van der Waals surface area (Å²) in [6.45, 7) is 2.79. The third-order valence-corrected chi connectivity index (χ3v) is 5.11. The molecule has 1 aromatic heterocycles. The number of aromatic nitrogens is 2. The molecule has 1 amide bonds. The number of hydrogen-bond acceptors (Lipinski definition) is 4. The first-order chi connectivity index (χ1) is 13.7. The van der Waals surface area contributed by atoms with Crippen LogP contribution >= 0.6 is 0 Å². The fraction of sp³-hybridized carbons (Fsp3) is 0.261. The van der Waals surface area contributed by atoms with Crippen LogP contribution in [0.5, 0.6) is 0 Å². The molecule has 5 heteroatoms. The second-order valence-electron chi connectivity index (χ2n) is 7.16.